The van der Waals surface area contributed by atoms with Gasteiger partial charge in [0.05, 0.1) is 35.1 Å². The monoisotopic (exact) mass is 350 g/mol. The van der Waals surface area contributed by atoms with E-state index < -0.39 is 17.3 Å². The topological polar surface area (TPSA) is 47.3 Å². The molecular formula is C18H17F3N2O2. The quantitative estimate of drug-likeness (QED) is 0.747. The van der Waals surface area contributed by atoms with E-state index in [1.54, 1.807) is 38.4 Å². The second-order valence-electron chi connectivity index (χ2n) is 6.46. The third-order valence-corrected chi connectivity index (χ3v) is 3.57. The molecule has 4 nitrogen and oxygen atoms in total. The lowest BCUT2D eigenvalue weighted by atomic mass is 10.1. The van der Waals surface area contributed by atoms with Crippen LogP contribution in [-0.2, 0) is 12.7 Å². The summed E-state index contributed by atoms with van der Waals surface area (Å²) < 4.78 is 45.1. The summed E-state index contributed by atoms with van der Waals surface area (Å²) in [6.07, 6.45) is -2.74. The van der Waals surface area contributed by atoms with Crippen LogP contribution in [0, 0.1) is 0 Å². The maximum Gasteiger partial charge on any atom is 0.416 e. The molecule has 0 fully saturated rings. The van der Waals surface area contributed by atoms with Crippen molar-refractivity contribution in [2.75, 3.05) is 0 Å². The molecule has 0 spiro atoms. The first-order valence-electron chi connectivity index (χ1n) is 7.64. The SMILES string of the molecule is CC(C)(O)Cn1cnc2cc(Oc3ccc(C(F)(F)F)cc3)ccc21. The Morgan fingerprint density at radius 2 is 1.68 bits per heavy atom. The molecule has 132 valence electrons. The van der Waals surface area contributed by atoms with Gasteiger partial charge in [-0.1, -0.05) is 0 Å². The van der Waals surface area contributed by atoms with Crippen molar-refractivity contribution in [2.24, 2.45) is 0 Å². The number of ether oxygens (including phenoxy) is 1. The Kier molecular flexibility index (Phi) is 4.20. The molecule has 0 radical (unpaired) electrons. The molecule has 7 heteroatoms. The molecule has 0 bridgehead atoms. The summed E-state index contributed by atoms with van der Waals surface area (Å²) in [6.45, 7) is 3.81. The van der Waals surface area contributed by atoms with Crippen LogP contribution in [0.15, 0.2) is 48.8 Å². The standard InChI is InChI=1S/C18H17F3N2O2/c1-17(2,24)10-23-11-22-15-9-14(7-8-16(15)23)25-13-5-3-12(4-6-13)18(19,20)21/h3-9,11,24H,10H2,1-2H3. The zero-order valence-electron chi connectivity index (χ0n) is 13.7. The van der Waals surface area contributed by atoms with Gasteiger partial charge in [0.2, 0.25) is 0 Å². The molecule has 0 aliphatic rings. The van der Waals surface area contributed by atoms with E-state index in [9.17, 15) is 18.3 Å². The molecule has 0 unspecified atom stereocenters. The Balaban J connectivity index is 1.81. The van der Waals surface area contributed by atoms with Crippen LogP contribution in [0.3, 0.4) is 0 Å². The molecule has 0 saturated carbocycles. The summed E-state index contributed by atoms with van der Waals surface area (Å²) in [5.74, 6) is 0.782. The average Bonchev–Trinajstić information content (AvgIpc) is 2.87. The average molecular weight is 350 g/mol. The maximum absolute atomic E-state index is 12.6. The van der Waals surface area contributed by atoms with E-state index in [0.29, 0.717) is 23.6 Å². The summed E-state index contributed by atoms with van der Waals surface area (Å²) >= 11 is 0. The third kappa shape index (κ3) is 4.11. The van der Waals surface area contributed by atoms with Gasteiger partial charge in [0.25, 0.3) is 0 Å². The van der Waals surface area contributed by atoms with Crippen molar-refractivity contribution in [1.29, 1.82) is 0 Å². The van der Waals surface area contributed by atoms with Gasteiger partial charge in [-0.05, 0) is 50.2 Å². The number of nitrogens with zero attached hydrogens (tertiary/aromatic N) is 2. The maximum atomic E-state index is 12.6. The molecule has 3 rings (SSSR count). The summed E-state index contributed by atoms with van der Waals surface area (Å²) in [7, 11) is 0. The van der Waals surface area contributed by atoms with Crippen molar-refractivity contribution in [3.05, 3.63) is 54.4 Å². The van der Waals surface area contributed by atoms with Gasteiger partial charge in [0.15, 0.2) is 0 Å². The highest BCUT2D eigenvalue weighted by Crippen LogP contribution is 2.32. The molecular weight excluding hydrogens is 333 g/mol. The third-order valence-electron chi connectivity index (χ3n) is 3.57. The van der Waals surface area contributed by atoms with Crippen LogP contribution in [0.25, 0.3) is 11.0 Å². The van der Waals surface area contributed by atoms with Crippen molar-refractivity contribution in [3.63, 3.8) is 0 Å². The largest absolute Gasteiger partial charge is 0.457 e. The van der Waals surface area contributed by atoms with Gasteiger partial charge in [0.1, 0.15) is 11.5 Å². The minimum atomic E-state index is -4.37. The molecule has 3 aromatic rings. The summed E-state index contributed by atoms with van der Waals surface area (Å²) in [5, 5.41) is 9.92. The van der Waals surface area contributed by atoms with Gasteiger partial charge >= 0.3 is 6.18 Å². The number of aromatic nitrogens is 2. The predicted octanol–water partition coefficient (Wildman–Crippen LogP) is 4.62. The molecule has 0 amide bonds. The molecule has 0 aliphatic heterocycles. The highest BCUT2D eigenvalue weighted by atomic mass is 19.4. The van der Waals surface area contributed by atoms with Crippen molar-refractivity contribution >= 4 is 11.0 Å². The van der Waals surface area contributed by atoms with Gasteiger partial charge in [0, 0.05) is 6.07 Å². The van der Waals surface area contributed by atoms with Crippen molar-refractivity contribution in [2.45, 2.75) is 32.2 Å². The number of hydrogen-bond acceptors (Lipinski definition) is 3. The molecule has 1 aromatic heterocycles. The number of halogens is 3. The van der Waals surface area contributed by atoms with Crippen LogP contribution in [0.4, 0.5) is 13.2 Å². The first kappa shape index (κ1) is 17.3. The fourth-order valence-electron chi connectivity index (χ4n) is 2.50. The molecule has 2 aromatic carbocycles. The minimum absolute atomic E-state index is 0.309. The Labute approximate surface area is 142 Å². The van der Waals surface area contributed by atoms with Gasteiger partial charge in [-0.25, -0.2) is 4.98 Å². The Morgan fingerprint density at radius 3 is 2.28 bits per heavy atom. The van der Waals surface area contributed by atoms with E-state index in [4.69, 9.17) is 4.74 Å². The van der Waals surface area contributed by atoms with Gasteiger partial charge in [-0.15, -0.1) is 0 Å². The van der Waals surface area contributed by atoms with Gasteiger partial charge in [-0.2, -0.15) is 13.2 Å². The van der Waals surface area contributed by atoms with Gasteiger partial charge < -0.3 is 14.4 Å². The number of rotatable bonds is 4. The van der Waals surface area contributed by atoms with E-state index in [-0.39, 0.29) is 0 Å². The smallest absolute Gasteiger partial charge is 0.416 e. The van der Waals surface area contributed by atoms with E-state index in [0.717, 1.165) is 17.6 Å². The molecule has 1 heterocycles. The lowest BCUT2D eigenvalue weighted by molar-refractivity contribution is -0.137. The summed E-state index contributed by atoms with van der Waals surface area (Å²) in [6, 6.07) is 9.72. The second kappa shape index (κ2) is 6.07. The van der Waals surface area contributed by atoms with Crippen LogP contribution >= 0.6 is 0 Å². The Hall–Kier alpha value is -2.54. The number of aliphatic hydroxyl groups is 1. The zero-order chi connectivity index (χ0) is 18.2. The van der Waals surface area contributed by atoms with E-state index in [2.05, 4.69) is 4.98 Å². The fraction of sp³-hybridized carbons (Fsp3) is 0.278. The zero-order valence-corrected chi connectivity index (χ0v) is 13.7. The lowest BCUT2D eigenvalue weighted by Gasteiger charge is -2.18. The Bertz CT molecular complexity index is 878. The van der Waals surface area contributed by atoms with E-state index >= 15 is 0 Å². The highest BCUT2D eigenvalue weighted by Gasteiger charge is 2.30. The summed E-state index contributed by atoms with van der Waals surface area (Å²) in [4.78, 5) is 4.27. The predicted molar refractivity (Wildman–Crippen MR) is 87.5 cm³/mol. The molecule has 1 N–H and O–H groups in total. The molecule has 0 aliphatic carbocycles. The Morgan fingerprint density at radius 1 is 1.04 bits per heavy atom. The van der Waals surface area contributed by atoms with Crippen LogP contribution in [0.1, 0.15) is 19.4 Å². The number of alkyl halides is 3. The van der Waals surface area contributed by atoms with Gasteiger partial charge in [-0.3, -0.25) is 0 Å². The minimum Gasteiger partial charge on any atom is -0.457 e. The summed E-state index contributed by atoms with van der Waals surface area (Å²) in [5.41, 5.74) is -0.0838. The normalized spacial score (nSPS) is 12.6. The van der Waals surface area contributed by atoms with Crippen molar-refractivity contribution < 1.29 is 23.0 Å². The fourth-order valence-corrected chi connectivity index (χ4v) is 2.50. The molecule has 0 saturated heterocycles. The van der Waals surface area contributed by atoms with Crippen LogP contribution in [-0.4, -0.2) is 20.3 Å². The number of benzene rings is 2. The number of fused-ring (bicyclic) bond motifs is 1. The van der Waals surface area contributed by atoms with Crippen LogP contribution in [0.5, 0.6) is 11.5 Å². The molecule has 0 atom stereocenters. The highest BCUT2D eigenvalue weighted by molar-refractivity contribution is 5.77. The van der Waals surface area contributed by atoms with Crippen LogP contribution < -0.4 is 4.74 Å². The number of hydrogen-bond donors (Lipinski definition) is 1. The second-order valence-corrected chi connectivity index (χ2v) is 6.46. The van der Waals surface area contributed by atoms with Crippen molar-refractivity contribution in [3.8, 4) is 11.5 Å². The van der Waals surface area contributed by atoms with E-state index in [1.165, 1.54) is 12.1 Å². The number of imidazole rings is 1. The van der Waals surface area contributed by atoms with Crippen LogP contribution in [0.2, 0.25) is 0 Å². The lowest BCUT2D eigenvalue weighted by Crippen LogP contribution is -2.25. The first-order chi connectivity index (χ1) is 11.6. The molecule has 25 heavy (non-hydrogen) atoms. The van der Waals surface area contributed by atoms with E-state index in [1.807, 2.05) is 4.57 Å². The first-order valence-corrected chi connectivity index (χ1v) is 7.64. The van der Waals surface area contributed by atoms with Crippen molar-refractivity contribution in [1.82, 2.24) is 9.55 Å².